The molecule has 4 aliphatic rings. The van der Waals surface area contributed by atoms with Crippen LogP contribution in [0.15, 0.2) is 12.2 Å². The number of nitrogens with zero attached hydrogens (tertiary/aromatic N) is 1. The smallest absolute Gasteiger partial charge is 0.248 e. The molecular formula is C10H12N2O2. The highest BCUT2D eigenvalue weighted by atomic mass is 16.2. The largest absolute Gasteiger partial charge is 0.273 e. The van der Waals surface area contributed by atoms with E-state index in [0.717, 1.165) is 17.9 Å². The summed E-state index contributed by atoms with van der Waals surface area (Å²) in [6.45, 7) is 0. The summed E-state index contributed by atoms with van der Waals surface area (Å²) in [7, 11) is 0. The molecule has 1 saturated carbocycles. The van der Waals surface area contributed by atoms with Crippen LogP contribution in [0.4, 0.5) is 0 Å². The molecule has 4 nitrogen and oxygen atoms in total. The monoisotopic (exact) mass is 192 g/mol. The van der Waals surface area contributed by atoms with Gasteiger partial charge in [0.1, 0.15) is 0 Å². The van der Waals surface area contributed by atoms with Crippen LogP contribution in [0, 0.1) is 23.7 Å². The van der Waals surface area contributed by atoms with Crippen LogP contribution in [-0.4, -0.2) is 16.8 Å². The number of hydrogen-bond acceptors (Lipinski definition) is 3. The fourth-order valence-electron chi connectivity index (χ4n) is 3.10. The average molecular weight is 192 g/mol. The summed E-state index contributed by atoms with van der Waals surface area (Å²) in [6.07, 6.45) is 6.21. The van der Waals surface area contributed by atoms with Crippen LogP contribution in [0.5, 0.6) is 0 Å². The lowest BCUT2D eigenvalue weighted by molar-refractivity contribution is -0.140. The Bertz CT molecular complexity index is 318. The van der Waals surface area contributed by atoms with Crippen molar-refractivity contribution in [2.24, 2.45) is 29.5 Å². The van der Waals surface area contributed by atoms with Gasteiger partial charge in [-0.3, -0.25) is 9.59 Å². The Morgan fingerprint density at radius 1 is 1.07 bits per heavy atom. The fraction of sp³-hybridized carbons (Fsp3) is 0.600. The van der Waals surface area contributed by atoms with Crippen molar-refractivity contribution in [1.29, 1.82) is 0 Å². The van der Waals surface area contributed by atoms with E-state index in [1.165, 1.54) is 0 Å². The SMILES string of the molecule is NN1C(=O)C2C3C=CC(CC3)C2C1=O. The molecule has 0 aromatic carbocycles. The van der Waals surface area contributed by atoms with Gasteiger partial charge in [-0.25, -0.2) is 10.9 Å². The summed E-state index contributed by atoms with van der Waals surface area (Å²) in [5, 5.41) is 0.827. The zero-order valence-electron chi connectivity index (χ0n) is 7.72. The van der Waals surface area contributed by atoms with Crippen LogP contribution in [0.1, 0.15) is 12.8 Å². The highest BCUT2D eigenvalue weighted by molar-refractivity contribution is 6.05. The molecule has 0 spiro atoms. The molecule has 1 saturated heterocycles. The maximum Gasteiger partial charge on any atom is 0.248 e. The maximum atomic E-state index is 11.7. The standard InChI is InChI=1S/C10H12N2O2/c11-12-9(13)7-5-1-2-6(4-3-5)8(7)10(12)14/h1-2,5-8H,3-4,11H2. The van der Waals surface area contributed by atoms with Crippen LogP contribution < -0.4 is 5.84 Å². The van der Waals surface area contributed by atoms with Crippen LogP contribution in [0.2, 0.25) is 0 Å². The molecule has 2 fully saturated rings. The van der Waals surface area contributed by atoms with E-state index in [-0.39, 0.29) is 35.5 Å². The minimum Gasteiger partial charge on any atom is -0.273 e. The van der Waals surface area contributed by atoms with Crippen LogP contribution in [0.25, 0.3) is 0 Å². The van der Waals surface area contributed by atoms with E-state index < -0.39 is 0 Å². The summed E-state index contributed by atoms with van der Waals surface area (Å²) in [5.74, 6) is 5.26. The average Bonchev–Trinajstić information content (AvgIpc) is 2.47. The van der Waals surface area contributed by atoms with E-state index in [1.807, 2.05) is 0 Å². The van der Waals surface area contributed by atoms with Crippen molar-refractivity contribution in [3.8, 4) is 0 Å². The molecule has 0 aromatic rings. The molecular weight excluding hydrogens is 180 g/mol. The number of allylic oxidation sites excluding steroid dienone is 2. The molecule has 14 heavy (non-hydrogen) atoms. The van der Waals surface area contributed by atoms with Crippen molar-refractivity contribution < 1.29 is 9.59 Å². The first-order valence-corrected chi connectivity index (χ1v) is 5.01. The number of carbonyl (C=O) groups excluding carboxylic acids is 2. The van der Waals surface area contributed by atoms with Gasteiger partial charge in [-0.15, -0.1) is 0 Å². The Kier molecular flexibility index (Phi) is 1.43. The predicted molar refractivity (Wildman–Crippen MR) is 48.4 cm³/mol. The van der Waals surface area contributed by atoms with Crippen molar-refractivity contribution in [3.63, 3.8) is 0 Å². The quantitative estimate of drug-likeness (QED) is 0.255. The van der Waals surface area contributed by atoms with E-state index in [2.05, 4.69) is 12.2 Å². The topological polar surface area (TPSA) is 63.4 Å². The second-order valence-corrected chi connectivity index (χ2v) is 4.39. The zero-order valence-corrected chi connectivity index (χ0v) is 7.72. The first-order chi connectivity index (χ1) is 6.70. The van der Waals surface area contributed by atoms with Crippen LogP contribution in [0.3, 0.4) is 0 Å². The Morgan fingerprint density at radius 3 is 1.86 bits per heavy atom. The molecule has 1 heterocycles. The maximum absolute atomic E-state index is 11.7. The lowest BCUT2D eigenvalue weighted by Crippen LogP contribution is -2.38. The Morgan fingerprint density at radius 2 is 1.50 bits per heavy atom. The molecule has 4 heteroatoms. The molecule has 3 aliphatic carbocycles. The Labute approximate surface area is 81.7 Å². The number of carbonyl (C=O) groups is 2. The zero-order chi connectivity index (χ0) is 9.87. The number of nitrogens with two attached hydrogens (primary N) is 1. The summed E-state index contributed by atoms with van der Waals surface area (Å²) in [6, 6.07) is 0. The van der Waals surface area contributed by atoms with E-state index >= 15 is 0 Å². The molecule has 2 amide bonds. The van der Waals surface area contributed by atoms with Gasteiger partial charge in [-0.2, -0.15) is 0 Å². The minimum absolute atomic E-state index is 0.156. The summed E-state index contributed by atoms with van der Waals surface area (Å²) in [4.78, 5) is 23.4. The molecule has 4 rings (SSSR count). The van der Waals surface area contributed by atoms with Gasteiger partial charge in [0, 0.05) is 0 Å². The van der Waals surface area contributed by atoms with Crippen molar-refractivity contribution >= 4 is 11.8 Å². The molecule has 0 aromatic heterocycles. The van der Waals surface area contributed by atoms with Gasteiger partial charge >= 0.3 is 0 Å². The molecule has 4 unspecified atom stereocenters. The summed E-state index contributed by atoms with van der Waals surface area (Å²) >= 11 is 0. The number of amides is 2. The summed E-state index contributed by atoms with van der Waals surface area (Å²) < 4.78 is 0. The molecule has 0 radical (unpaired) electrons. The third-order valence-electron chi connectivity index (χ3n) is 3.79. The number of hydrazine groups is 1. The normalized spacial score (nSPS) is 44.8. The molecule has 2 N–H and O–H groups in total. The van der Waals surface area contributed by atoms with Gasteiger partial charge in [0.05, 0.1) is 11.8 Å². The Balaban J connectivity index is 2.07. The molecule has 1 aliphatic heterocycles. The molecule has 4 atom stereocenters. The van der Waals surface area contributed by atoms with Gasteiger partial charge in [-0.05, 0) is 24.7 Å². The van der Waals surface area contributed by atoms with Crippen molar-refractivity contribution in [3.05, 3.63) is 12.2 Å². The Hall–Kier alpha value is -1.16. The highest BCUT2D eigenvalue weighted by Gasteiger charge is 2.55. The van der Waals surface area contributed by atoms with E-state index in [9.17, 15) is 9.59 Å². The van der Waals surface area contributed by atoms with E-state index in [4.69, 9.17) is 5.84 Å². The molecule has 74 valence electrons. The van der Waals surface area contributed by atoms with Crippen molar-refractivity contribution in [2.75, 3.05) is 0 Å². The van der Waals surface area contributed by atoms with Crippen LogP contribution in [-0.2, 0) is 9.59 Å². The highest BCUT2D eigenvalue weighted by Crippen LogP contribution is 2.48. The lowest BCUT2D eigenvalue weighted by Gasteiger charge is -2.38. The summed E-state index contributed by atoms with van der Waals surface area (Å²) in [5.41, 5.74) is 0. The molecule has 2 bridgehead atoms. The minimum atomic E-state index is -0.181. The number of rotatable bonds is 0. The van der Waals surface area contributed by atoms with E-state index in [0.29, 0.717) is 0 Å². The third-order valence-corrected chi connectivity index (χ3v) is 3.79. The first-order valence-electron chi connectivity index (χ1n) is 5.01. The number of fused-ring (bicyclic) bond motifs is 1. The number of imide groups is 1. The predicted octanol–water partition coefficient (Wildman–Crippen LogP) is 0.0573. The van der Waals surface area contributed by atoms with E-state index in [1.54, 1.807) is 0 Å². The van der Waals surface area contributed by atoms with Crippen molar-refractivity contribution in [1.82, 2.24) is 5.01 Å². The van der Waals surface area contributed by atoms with Crippen LogP contribution >= 0.6 is 0 Å². The van der Waals surface area contributed by atoms with Gasteiger partial charge in [0.25, 0.3) is 0 Å². The van der Waals surface area contributed by atoms with Gasteiger partial charge < -0.3 is 0 Å². The van der Waals surface area contributed by atoms with Gasteiger partial charge in [0.2, 0.25) is 11.8 Å². The lowest BCUT2D eigenvalue weighted by atomic mass is 9.63. The van der Waals surface area contributed by atoms with Crippen molar-refractivity contribution in [2.45, 2.75) is 12.8 Å². The second kappa shape index (κ2) is 2.45. The van der Waals surface area contributed by atoms with Gasteiger partial charge in [0.15, 0.2) is 0 Å². The third kappa shape index (κ3) is 0.773. The second-order valence-electron chi connectivity index (χ2n) is 4.39. The van der Waals surface area contributed by atoms with Gasteiger partial charge in [-0.1, -0.05) is 12.2 Å². The first kappa shape index (κ1) is 8.17. The number of hydrogen-bond donors (Lipinski definition) is 1. The fourth-order valence-corrected chi connectivity index (χ4v) is 3.10.